The average Bonchev–Trinajstić information content (AvgIpc) is 2.92. The van der Waals surface area contributed by atoms with E-state index >= 15 is 0 Å². The number of sulfonamides is 1. The number of nitrogens with one attached hydrogen (secondary N) is 2. The van der Waals surface area contributed by atoms with Gasteiger partial charge >= 0.3 is 0 Å². The Morgan fingerprint density at radius 1 is 1.09 bits per heavy atom. The Morgan fingerprint density at radius 3 is 2.26 bits per heavy atom. The first kappa shape index (κ1) is 17.7. The van der Waals surface area contributed by atoms with Crippen LogP contribution in [0.2, 0.25) is 0 Å². The molecular formula is C16H20N2O3S2. The minimum Gasteiger partial charge on any atom is -0.352 e. The molecule has 5 nitrogen and oxygen atoms in total. The van der Waals surface area contributed by atoms with Gasteiger partial charge < -0.3 is 5.32 Å². The van der Waals surface area contributed by atoms with Crippen molar-refractivity contribution in [3.63, 3.8) is 0 Å². The molecule has 124 valence electrons. The molecule has 2 rings (SSSR count). The quantitative estimate of drug-likeness (QED) is 0.839. The Balaban J connectivity index is 2.33. The zero-order chi connectivity index (χ0) is 17.0. The van der Waals surface area contributed by atoms with Gasteiger partial charge in [0.05, 0.1) is 0 Å². The number of hydrogen-bond acceptors (Lipinski definition) is 4. The first-order chi connectivity index (χ1) is 10.8. The lowest BCUT2D eigenvalue weighted by atomic mass is 10.1. The SMILES string of the molecule is Cc1ccc(S(=O)(=O)N[C@H](C(=O)NC(C)C)c2ccccc2)s1. The maximum Gasteiger partial charge on any atom is 0.251 e. The van der Waals surface area contributed by atoms with Gasteiger partial charge in [0.25, 0.3) is 10.0 Å². The Bertz CT molecular complexity index is 768. The molecule has 0 aliphatic rings. The van der Waals surface area contributed by atoms with Crippen LogP contribution in [0.1, 0.15) is 30.3 Å². The molecular weight excluding hydrogens is 332 g/mol. The fourth-order valence-electron chi connectivity index (χ4n) is 2.06. The predicted octanol–water partition coefficient (Wildman–Crippen LogP) is 2.60. The molecule has 0 saturated heterocycles. The molecule has 0 bridgehead atoms. The van der Waals surface area contributed by atoms with Crippen molar-refractivity contribution in [1.29, 1.82) is 0 Å². The number of carbonyl (C=O) groups is 1. The summed E-state index contributed by atoms with van der Waals surface area (Å²) in [5, 5.41) is 2.76. The molecule has 0 spiro atoms. The number of benzene rings is 1. The summed E-state index contributed by atoms with van der Waals surface area (Å²) in [6, 6.07) is 11.1. The van der Waals surface area contributed by atoms with Crippen LogP contribution in [-0.4, -0.2) is 20.4 Å². The number of rotatable bonds is 6. The Hall–Kier alpha value is -1.70. The van der Waals surface area contributed by atoms with Gasteiger partial charge in [-0.1, -0.05) is 30.3 Å². The van der Waals surface area contributed by atoms with Crippen LogP contribution in [0.3, 0.4) is 0 Å². The van der Waals surface area contributed by atoms with Gasteiger partial charge in [0, 0.05) is 10.9 Å². The van der Waals surface area contributed by atoms with Gasteiger partial charge in [0.2, 0.25) is 5.91 Å². The van der Waals surface area contributed by atoms with E-state index < -0.39 is 16.1 Å². The molecule has 1 amide bonds. The number of thiophene rings is 1. The topological polar surface area (TPSA) is 75.3 Å². The Morgan fingerprint density at radius 2 is 1.74 bits per heavy atom. The Labute approximate surface area is 140 Å². The molecule has 0 unspecified atom stereocenters. The van der Waals surface area contributed by atoms with E-state index in [0.717, 1.165) is 4.88 Å². The van der Waals surface area contributed by atoms with Gasteiger partial charge in [-0.3, -0.25) is 4.79 Å². The standard InChI is InChI=1S/C16H20N2O3S2/c1-11(2)17-16(19)15(13-7-5-4-6-8-13)18-23(20,21)14-10-9-12(3)22-14/h4-11,15,18H,1-3H3,(H,17,19)/t15-/m0/s1. The van der Waals surface area contributed by atoms with Crippen LogP contribution in [0.4, 0.5) is 0 Å². The van der Waals surface area contributed by atoms with E-state index in [9.17, 15) is 13.2 Å². The van der Waals surface area contributed by atoms with Crippen LogP contribution in [0.15, 0.2) is 46.7 Å². The zero-order valence-electron chi connectivity index (χ0n) is 13.2. The second-order valence-corrected chi connectivity index (χ2v) is 8.72. The summed E-state index contributed by atoms with van der Waals surface area (Å²) in [7, 11) is -3.76. The lowest BCUT2D eigenvalue weighted by Crippen LogP contribution is -2.42. The van der Waals surface area contributed by atoms with Crippen LogP contribution in [0.25, 0.3) is 0 Å². The van der Waals surface area contributed by atoms with Gasteiger partial charge in [0.1, 0.15) is 10.3 Å². The van der Waals surface area contributed by atoms with Crippen molar-refractivity contribution in [2.45, 2.75) is 37.1 Å². The van der Waals surface area contributed by atoms with Crippen molar-refractivity contribution in [3.8, 4) is 0 Å². The van der Waals surface area contributed by atoms with E-state index in [4.69, 9.17) is 0 Å². The summed E-state index contributed by atoms with van der Waals surface area (Å²) in [5.41, 5.74) is 0.600. The summed E-state index contributed by atoms with van der Waals surface area (Å²) < 4.78 is 27.8. The second-order valence-electron chi connectivity index (χ2n) is 5.49. The lowest BCUT2D eigenvalue weighted by Gasteiger charge is -2.20. The first-order valence-electron chi connectivity index (χ1n) is 7.23. The third-order valence-electron chi connectivity index (χ3n) is 3.08. The Kier molecular flexibility index (Phi) is 5.56. The van der Waals surface area contributed by atoms with Crippen molar-refractivity contribution in [1.82, 2.24) is 10.0 Å². The average molecular weight is 352 g/mol. The van der Waals surface area contributed by atoms with Crippen molar-refractivity contribution >= 4 is 27.3 Å². The molecule has 0 fully saturated rings. The van der Waals surface area contributed by atoms with Gasteiger partial charge in [-0.15, -0.1) is 11.3 Å². The molecule has 2 aromatic rings. The van der Waals surface area contributed by atoms with E-state index in [2.05, 4.69) is 10.0 Å². The summed E-state index contributed by atoms with van der Waals surface area (Å²) in [4.78, 5) is 13.3. The van der Waals surface area contributed by atoms with Crippen LogP contribution >= 0.6 is 11.3 Å². The van der Waals surface area contributed by atoms with Gasteiger partial charge in [-0.25, -0.2) is 8.42 Å². The molecule has 1 aromatic carbocycles. The minimum atomic E-state index is -3.76. The number of aryl methyl sites for hydroxylation is 1. The van der Waals surface area contributed by atoms with E-state index in [0.29, 0.717) is 5.56 Å². The third kappa shape index (κ3) is 4.63. The maximum atomic E-state index is 12.5. The number of amides is 1. The monoisotopic (exact) mass is 352 g/mol. The zero-order valence-corrected chi connectivity index (χ0v) is 14.9. The molecule has 2 N–H and O–H groups in total. The number of carbonyl (C=O) groups excluding carboxylic acids is 1. The smallest absolute Gasteiger partial charge is 0.251 e. The van der Waals surface area contributed by atoms with Gasteiger partial charge in [0.15, 0.2) is 0 Å². The van der Waals surface area contributed by atoms with E-state index in [1.807, 2.05) is 26.8 Å². The largest absolute Gasteiger partial charge is 0.352 e. The molecule has 0 radical (unpaired) electrons. The molecule has 0 saturated carbocycles. The highest BCUT2D eigenvalue weighted by molar-refractivity contribution is 7.91. The molecule has 1 heterocycles. The molecule has 0 aliphatic heterocycles. The second kappa shape index (κ2) is 7.25. The van der Waals surface area contributed by atoms with Crippen LogP contribution in [0.5, 0.6) is 0 Å². The molecule has 0 aliphatic carbocycles. The first-order valence-corrected chi connectivity index (χ1v) is 9.53. The molecule has 23 heavy (non-hydrogen) atoms. The number of hydrogen-bond donors (Lipinski definition) is 2. The highest BCUT2D eigenvalue weighted by atomic mass is 32.2. The van der Waals surface area contributed by atoms with Crippen molar-refractivity contribution in [2.75, 3.05) is 0 Å². The van der Waals surface area contributed by atoms with Crippen molar-refractivity contribution < 1.29 is 13.2 Å². The van der Waals surface area contributed by atoms with Gasteiger partial charge in [-0.05, 0) is 38.5 Å². The highest BCUT2D eigenvalue weighted by Gasteiger charge is 2.28. The van der Waals surface area contributed by atoms with Crippen LogP contribution in [0, 0.1) is 6.92 Å². The van der Waals surface area contributed by atoms with Crippen molar-refractivity contribution in [3.05, 3.63) is 52.9 Å². The third-order valence-corrected chi connectivity index (χ3v) is 5.99. The fraction of sp³-hybridized carbons (Fsp3) is 0.312. The van der Waals surface area contributed by atoms with E-state index in [1.54, 1.807) is 36.4 Å². The predicted molar refractivity (Wildman–Crippen MR) is 91.8 cm³/mol. The van der Waals surface area contributed by atoms with E-state index in [-0.39, 0.29) is 16.2 Å². The van der Waals surface area contributed by atoms with Crippen molar-refractivity contribution in [2.24, 2.45) is 0 Å². The lowest BCUT2D eigenvalue weighted by molar-refractivity contribution is -0.123. The van der Waals surface area contributed by atoms with E-state index in [1.165, 1.54) is 11.3 Å². The van der Waals surface area contributed by atoms with Gasteiger partial charge in [-0.2, -0.15) is 4.72 Å². The van der Waals surface area contributed by atoms with Crippen LogP contribution in [-0.2, 0) is 14.8 Å². The fourth-order valence-corrected chi connectivity index (χ4v) is 4.54. The molecule has 1 aromatic heterocycles. The summed E-state index contributed by atoms with van der Waals surface area (Å²) in [5.74, 6) is -0.372. The van der Waals surface area contributed by atoms with Crippen LogP contribution < -0.4 is 10.0 Å². The normalized spacial score (nSPS) is 13.0. The minimum absolute atomic E-state index is 0.0813. The summed E-state index contributed by atoms with van der Waals surface area (Å²) >= 11 is 1.18. The molecule has 1 atom stereocenters. The molecule has 7 heteroatoms. The highest BCUT2D eigenvalue weighted by Crippen LogP contribution is 2.23. The summed E-state index contributed by atoms with van der Waals surface area (Å²) in [6.45, 7) is 5.50. The maximum absolute atomic E-state index is 12.5. The summed E-state index contributed by atoms with van der Waals surface area (Å²) in [6.07, 6.45) is 0.